The molecule has 0 fully saturated rings. The zero-order valence-corrected chi connectivity index (χ0v) is 18.1. The number of hydrogen-bond donors (Lipinski definition) is 3. The molecule has 0 unspecified atom stereocenters. The molecule has 9 nitrogen and oxygen atoms in total. The molecule has 2 atom stereocenters. The molecule has 1 aliphatic rings. The number of rotatable bonds is 9. The van der Waals surface area contributed by atoms with Gasteiger partial charge in [-0.2, -0.15) is 0 Å². The minimum atomic E-state index is -0.870. The molecule has 2 rings (SSSR count). The third kappa shape index (κ3) is 6.77. The monoisotopic (exact) mass is 428 g/mol. The first-order chi connectivity index (χ1) is 14.6. The minimum Gasteiger partial charge on any atom is -0.344 e. The molecule has 5 amide bonds. The Hall–Kier alpha value is -3.49. The molecule has 31 heavy (non-hydrogen) atoms. The van der Waals surface area contributed by atoms with Crippen LogP contribution in [0.25, 0.3) is 0 Å². The van der Waals surface area contributed by atoms with Gasteiger partial charge in [0.15, 0.2) is 0 Å². The summed E-state index contributed by atoms with van der Waals surface area (Å²) in [6.07, 6.45) is 2.17. The van der Waals surface area contributed by atoms with Crippen molar-refractivity contribution in [1.29, 1.82) is 0 Å². The van der Waals surface area contributed by atoms with Crippen molar-refractivity contribution in [3.63, 3.8) is 0 Å². The van der Waals surface area contributed by atoms with Crippen molar-refractivity contribution in [2.75, 3.05) is 11.9 Å². The fraction of sp³-hybridized carbons (Fsp3) is 0.409. The van der Waals surface area contributed by atoms with Gasteiger partial charge >= 0.3 is 0 Å². The van der Waals surface area contributed by atoms with Gasteiger partial charge in [-0.3, -0.25) is 28.9 Å². The van der Waals surface area contributed by atoms with Gasteiger partial charge in [-0.05, 0) is 31.9 Å². The van der Waals surface area contributed by atoms with Gasteiger partial charge in [0, 0.05) is 30.8 Å². The minimum absolute atomic E-state index is 0.0711. The van der Waals surface area contributed by atoms with Crippen LogP contribution in [0.3, 0.4) is 0 Å². The Morgan fingerprint density at radius 1 is 0.903 bits per heavy atom. The molecule has 166 valence electrons. The molecule has 1 aliphatic heterocycles. The van der Waals surface area contributed by atoms with E-state index in [1.807, 2.05) is 19.1 Å². The number of imide groups is 1. The Kier molecular flexibility index (Phi) is 8.07. The van der Waals surface area contributed by atoms with Crippen LogP contribution in [0.4, 0.5) is 5.69 Å². The van der Waals surface area contributed by atoms with E-state index in [9.17, 15) is 24.0 Å². The number of carbonyl (C=O) groups excluding carboxylic acids is 5. The number of amides is 5. The molecule has 0 aromatic heterocycles. The van der Waals surface area contributed by atoms with Crippen LogP contribution >= 0.6 is 0 Å². The van der Waals surface area contributed by atoms with Crippen LogP contribution in [-0.2, 0) is 24.0 Å². The standard InChI is InChI=1S/C22H28N4O5/c1-13(2)20(25-17(27)11-12-26-18(28)9-10-19(26)29)22(31)23-15(4)21(30)24-16-7-5-14(3)6-8-16/h5-10,13,15,20H,11-12H2,1-4H3,(H,23,31)(H,24,30)(H,25,27)/t15-,20-/m0/s1. The summed E-state index contributed by atoms with van der Waals surface area (Å²) in [7, 11) is 0. The van der Waals surface area contributed by atoms with E-state index in [1.54, 1.807) is 32.9 Å². The maximum Gasteiger partial charge on any atom is 0.253 e. The molecular formula is C22H28N4O5. The predicted octanol–water partition coefficient (Wildman–Crippen LogP) is 0.894. The van der Waals surface area contributed by atoms with Crippen LogP contribution in [0, 0.1) is 12.8 Å². The highest BCUT2D eigenvalue weighted by atomic mass is 16.2. The van der Waals surface area contributed by atoms with Gasteiger partial charge in [0.1, 0.15) is 12.1 Å². The molecule has 0 saturated heterocycles. The molecule has 1 aromatic rings. The van der Waals surface area contributed by atoms with E-state index < -0.39 is 35.7 Å². The van der Waals surface area contributed by atoms with E-state index in [0.717, 1.165) is 22.6 Å². The topological polar surface area (TPSA) is 125 Å². The highest BCUT2D eigenvalue weighted by molar-refractivity contribution is 6.13. The first-order valence-electron chi connectivity index (χ1n) is 10.1. The van der Waals surface area contributed by atoms with E-state index in [-0.39, 0.29) is 24.8 Å². The van der Waals surface area contributed by atoms with Gasteiger partial charge in [-0.1, -0.05) is 31.5 Å². The third-order valence-corrected chi connectivity index (χ3v) is 4.80. The Morgan fingerprint density at radius 3 is 2.03 bits per heavy atom. The first-order valence-corrected chi connectivity index (χ1v) is 10.1. The molecule has 1 heterocycles. The van der Waals surface area contributed by atoms with Crippen molar-refractivity contribution in [3.05, 3.63) is 42.0 Å². The van der Waals surface area contributed by atoms with Crippen molar-refractivity contribution >= 4 is 35.2 Å². The number of nitrogens with one attached hydrogen (secondary N) is 3. The van der Waals surface area contributed by atoms with E-state index in [1.165, 1.54) is 0 Å². The third-order valence-electron chi connectivity index (χ3n) is 4.80. The molecule has 0 saturated carbocycles. The molecule has 3 N–H and O–H groups in total. The lowest BCUT2D eigenvalue weighted by molar-refractivity contribution is -0.137. The second kappa shape index (κ2) is 10.5. The molecule has 0 spiro atoms. The quantitative estimate of drug-likeness (QED) is 0.504. The van der Waals surface area contributed by atoms with Crippen LogP contribution < -0.4 is 16.0 Å². The summed E-state index contributed by atoms with van der Waals surface area (Å²) in [6.45, 7) is 6.95. The molecule has 0 bridgehead atoms. The lowest BCUT2D eigenvalue weighted by Crippen LogP contribution is -2.54. The van der Waals surface area contributed by atoms with Crippen LogP contribution in [0.5, 0.6) is 0 Å². The lowest BCUT2D eigenvalue weighted by Gasteiger charge is -2.24. The SMILES string of the molecule is Cc1ccc(NC(=O)[C@H](C)NC(=O)[C@@H](NC(=O)CCN2C(=O)C=CC2=O)C(C)C)cc1. The van der Waals surface area contributed by atoms with Crippen LogP contribution in [0.2, 0.25) is 0 Å². The summed E-state index contributed by atoms with van der Waals surface area (Å²) in [5.74, 6) is -2.53. The number of nitrogens with zero attached hydrogens (tertiary/aromatic N) is 1. The Morgan fingerprint density at radius 2 is 1.48 bits per heavy atom. The average molecular weight is 428 g/mol. The Balaban J connectivity index is 1.87. The fourth-order valence-corrected chi connectivity index (χ4v) is 2.90. The van der Waals surface area contributed by atoms with E-state index in [4.69, 9.17) is 0 Å². The van der Waals surface area contributed by atoms with Gasteiger partial charge in [-0.25, -0.2) is 0 Å². The average Bonchev–Trinajstić information content (AvgIpc) is 3.03. The van der Waals surface area contributed by atoms with Crippen molar-refractivity contribution in [2.24, 2.45) is 5.92 Å². The zero-order valence-electron chi connectivity index (χ0n) is 18.1. The van der Waals surface area contributed by atoms with Crippen molar-refractivity contribution in [3.8, 4) is 0 Å². The fourth-order valence-electron chi connectivity index (χ4n) is 2.90. The summed E-state index contributed by atoms with van der Waals surface area (Å²) >= 11 is 0. The number of aryl methyl sites for hydroxylation is 1. The van der Waals surface area contributed by atoms with Gasteiger partial charge in [0.2, 0.25) is 17.7 Å². The van der Waals surface area contributed by atoms with Crippen LogP contribution in [0.1, 0.15) is 32.8 Å². The largest absolute Gasteiger partial charge is 0.344 e. The van der Waals surface area contributed by atoms with Crippen molar-refractivity contribution in [1.82, 2.24) is 15.5 Å². The number of benzene rings is 1. The normalized spacial score (nSPS) is 15.1. The maximum atomic E-state index is 12.7. The molecule has 1 aromatic carbocycles. The van der Waals surface area contributed by atoms with Gasteiger partial charge in [0.25, 0.3) is 11.8 Å². The Labute approximate surface area is 181 Å². The van der Waals surface area contributed by atoms with Crippen molar-refractivity contribution in [2.45, 2.75) is 46.2 Å². The molecule has 9 heteroatoms. The molecule has 0 aliphatic carbocycles. The predicted molar refractivity (Wildman–Crippen MR) is 115 cm³/mol. The number of anilines is 1. The second-order valence-electron chi connectivity index (χ2n) is 7.79. The highest BCUT2D eigenvalue weighted by Crippen LogP contribution is 2.10. The summed E-state index contributed by atoms with van der Waals surface area (Å²) in [6, 6.07) is 5.57. The van der Waals surface area contributed by atoms with E-state index in [0.29, 0.717) is 5.69 Å². The number of carbonyl (C=O) groups is 5. The maximum absolute atomic E-state index is 12.7. The van der Waals surface area contributed by atoms with Gasteiger partial charge in [-0.15, -0.1) is 0 Å². The van der Waals surface area contributed by atoms with E-state index >= 15 is 0 Å². The smallest absolute Gasteiger partial charge is 0.253 e. The molecule has 0 radical (unpaired) electrons. The first kappa shape index (κ1) is 23.8. The Bertz CT molecular complexity index is 874. The van der Waals surface area contributed by atoms with Crippen molar-refractivity contribution < 1.29 is 24.0 Å². The summed E-state index contributed by atoms with van der Waals surface area (Å²) in [4.78, 5) is 61.4. The highest BCUT2D eigenvalue weighted by Gasteiger charge is 2.28. The van der Waals surface area contributed by atoms with E-state index in [2.05, 4.69) is 16.0 Å². The number of hydrogen-bond acceptors (Lipinski definition) is 5. The zero-order chi connectivity index (χ0) is 23.1. The molecular weight excluding hydrogens is 400 g/mol. The summed E-state index contributed by atoms with van der Waals surface area (Å²) < 4.78 is 0. The summed E-state index contributed by atoms with van der Waals surface area (Å²) in [5.41, 5.74) is 1.68. The van der Waals surface area contributed by atoms with Gasteiger partial charge in [0.05, 0.1) is 0 Å². The summed E-state index contributed by atoms with van der Waals surface area (Å²) in [5, 5.41) is 7.96. The second-order valence-corrected chi connectivity index (χ2v) is 7.79. The van der Waals surface area contributed by atoms with Crippen LogP contribution in [0.15, 0.2) is 36.4 Å². The lowest BCUT2D eigenvalue weighted by atomic mass is 10.0. The van der Waals surface area contributed by atoms with Gasteiger partial charge < -0.3 is 16.0 Å². The van der Waals surface area contributed by atoms with Crippen LogP contribution in [-0.4, -0.2) is 53.1 Å².